The van der Waals surface area contributed by atoms with Gasteiger partial charge in [-0.05, 0) is 30.2 Å². The van der Waals surface area contributed by atoms with Crippen molar-refractivity contribution in [1.29, 1.82) is 0 Å². The van der Waals surface area contributed by atoms with Gasteiger partial charge in [-0.2, -0.15) is 0 Å². The number of carbonyl (C=O) groups excluding carboxylic acids is 1. The Morgan fingerprint density at radius 1 is 1.00 bits per heavy atom. The topological polar surface area (TPSA) is 66.9 Å². The highest BCUT2D eigenvalue weighted by atomic mass is 32.1. The molecule has 0 atom stereocenters. The summed E-state index contributed by atoms with van der Waals surface area (Å²) in [6.45, 7) is 2.72. The van der Waals surface area contributed by atoms with Gasteiger partial charge in [0, 0.05) is 23.7 Å². The number of aryl methyl sites for hydroxylation is 1. The van der Waals surface area contributed by atoms with Crippen molar-refractivity contribution in [3.8, 4) is 11.3 Å². The number of nitrogens with zero attached hydrogens (tertiary/aromatic N) is 2. The van der Waals surface area contributed by atoms with Gasteiger partial charge in [0.1, 0.15) is 5.82 Å². The van der Waals surface area contributed by atoms with Gasteiger partial charge in [-0.1, -0.05) is 60.2 Å². The van der Waals surface area contributed by atoms with E-state index in [9.17, 15) is 4.79 Å². The van der Waals surface area contributed by atoms with E-state index >= 15 is 0 Å². The number of rotatable bonds is 7. The Balaban J connectivity index is 1.39. The molecule has 150 valence electrons. The lowest BCUT2D eigenvalue weighted by molar-refractivity contribution is -0.115. The first-order chi connectivity index (χ1) is 14.7. The van der Waals surface area contributed by atoms with E-state index in [1.807, 2.05) is 66.9 Å². The summed E-state index contributed by atoms with van der Waals surface area (Å²) in [6.07, 6.45) is 2.09. The molecule has 6 heteroatoms. The zero-order valence-corrected chi connectivity index (χ0v) is 17.4. The highest BCUT2D eigenvalue weighted by Crippen LogP contribution is 2.26. The molecule has 0 aliphatic heterocycles. The van der Waals surface area contributed by atoms with Crippen molar-refractivity contribution in [1.82, 2.24) is 9.97 Å². The maximum Gasteiger partial charge on any atom is 0.230 e. The van der Waals surface area contributed by atoms with Crippen LogP contribution < -0.4 is 10.6 Å². The van der Waals surface area contributed by atoms with Gasteiger partial charge in [-0.3, -0.25) is 4.79 Å². The molecule has 5 nitrogen and oxygen atoms in total. The van der Waals surface area contributed by atoms with Crippen molar-refractivity contribution >= 4 is 28.2 Å². The van der Waals surface area contributed by atoms with Crippen LogP contribution in [-0.2, 0) is 17.8 Å². The molecule has 0 aliphatic carbocycles. The Morgan fingerprint density at radius 2 is 1.83 bits per heavy atom. The zero-order chi connectivity index (χ0) is 20.8. The lowest BCUT2D eigenvalue weighted by atomic mass is 10.1. The Bertz CT molecular complexity index is 1140. The molecule has 2 heterocycles. The molecule has 2 aromatic heterocycles. The molecule has 0 spiro atoms. The molecule has 4 aromatic rings. The fourth-order valence-electron chi connectivity index (χ4n) is 3.11. The number of hydrogen-bond acceptors (Lipinski definition) is 5. The third-order valence-electron chi connectivity index (χ3n) is 4.57. The van der Waals surface area contributed by atoms with E-state index in [2.05, 4.69) is 32.7 Å². The second-order valence-electron chi connectivity index (χ2n) is 7.02. The number of pyridine rings is 1. The number of hydrogen-bond donors (Lipinski definition) is 2. The molecular weight excluding hydrogens is 392 g/mol. The van der Waals surface area contributed by atoms with Crippen LogP contribution in [0.4, 0.5) is 10.9 Å². The van der Waals surface area contributed by atoms with Gasteiger partial charge in [0.25, 0.3) is 0 Å². The molecule has 0 bridgehead atoms. The summed E-state index contributed by atoms with van der Waals surface area (Å²) in [5.41, 5.74) is 5.10. The second-order valence-corrected chi connectivity index (χ2v) is 7.88. The van der Waals surface area contributed by atoms with Crippen LogP contribution in [0.15, 0.2) is 78.3 Å². The average molecular weight is 415 g/mol. The predicted octanol–water partition coefficient (Wildman–Crippen LogP) is 5.31. The fourth-order valence-corrected chi connectivity index (χ4v) is 3.85. The largest absolute Gasteiger partial charge is 0.366 e. The highest BCUT2D eigenvalue weighted by molar-refractivity contribution is 7.14. The summed E-state index contributed by atoms with van der Waals surface area (Å²) >= 11 is 1.42. The lowest BCUT2D eigenvalue weighted by Gasteiger charge is -2.07. The van der Waals surface area contributed by atoms with Crippen molar-refractivity contribution in [3.05, 3.63) is 95.0 Å². The first-order valence-electron chi connectivity index (χ1n) is 9.71. The molecule has 0 fully saturated rings. The van der Waals surface area contributed by atoms with E-state index in [-0.39, 0.29) is 5.91 Å². The Morgan fingerprint density at radius 3 is 2.67 bits per heavy atom. The van der Waals surface area contributed by atoms with E-state index in [1.165, 1.54) is 16.9 Å². The van der Waals surface area contributed by atoms with Gasteiger partial charge in [-0.15, -0.1) is 11.3 Å². The monoisotopic (exact) mass is 414 g/mol. The summed E-state index contributed by atoms with van der Waals surface area (Å²) in [5.74, 6) is 0.718. The van der Waals surface area contributed by atoms with Crippen LogP contribution in [-0.4, -0.2) is 15.9 Å². The maximum absolute atomic E-state index is 12.3. The molecule has 0 saturated carbocycles. The van der Waals surface area contributed by atoms with Crippen LogP contribution in [0.1, 0.15) is 16.7 Å². The fraction of sp³-hybridized carbons (Fsp3) is 0.125. The predicted molar refractivity (Wildman–Crippen MR) is 123 cm³/mol. The Kier molecular flexibility index (Phi) is 6.15. The lowest BCUT2D eigenvalue weighted by Crippen LogP contribution is -2.14. The second kappa shape index (κ2) is 9.33. The van der Waals surface area contributed by atoms with Crippen LogP contribution >= 0.6 is 11.3 Å². The molecule has 1 amide bonds. The molecule has 0 radical (unpaired) electrons. The van der Waals surface area contributed by atoms with Crippen molar-refractivity contribution in [2.24, 2.45) is 0 Å². The quantitative estimate of drug-likeness (QED) is 0.430. The van der Waals surface area contributed by atoms with E-state index in [0.29, 0.717) is 18.1 Å². The molecule has 0 unspecified atom stereocenters. The minimum Gasteiger partial charge on any atom is -0.366 e. The smallest absolute Gasteiger partial charge is 0.230 e. The van der Waals surface area contributed by atoms with Gasteiger partial charge in [0.2, 0.25) is 5.91 Å². The third-order valence-corrected chi connectivity index (χ3v) is 5.33. The first kappa shape index (κ1) is 19.8. The number of nitrogens with one attached hydrogen (secondary N) is 2. The Hall–Kier alpha value is -3.51. The van der Waals surface area contributed by atoms with Gasteiger partial charge in [0.05, 0.1) is 12.1 Å². The number of carbonyl (C=O) groups is 1. The molecule has 4 rings (SSSR count). The molecule has 2 N–H and O–H groups in total. The number of benzene rings is 2. The van der Waals surface area contributed by atoms with Crippen LogP contribution in [0.25, 0.3) is 11.3 Å². The SMILES string of the molecule is Cc1cccc(CC(=O)Nc2nc(-c3ccnc(NCc4ccccc4)c3)cs2)c1. The molecule has 30 heavy (non-hydrogen) atoms. The minimum atomic E-state index is -0.0681. The number of anilines is 2. The van der Waals surface area contributed by atoms with Gasteiger partial charge < -0.3 is 10.6 Å². The van der Waals surface area contributed by atoms with Crippen LogP contribution in [0.3, 0.4) is 0 Å². The summed E-state index contributed by atoms with van der Waals surface area (Å²) in [7, 11) is 0. The van der Waals surface area contributed by atoms with Gasteiger partial charge in [-0.25, -0.2) is 9.97 Å². The van der Waals surface area contributed by atoms with E-state index in [0.717, 1.165) is 28.2 Å². The van der Waals surface area contributed by atoms with Crippen LogP contribution in [0.5, 0.6) is 0 Å². The Labute approximate surface area is 179 Å². The first-order valence-corrected chi connectivity index (χ1v) is 10.6. The summed E-state index contributed by atoms with van der Waals surface area (Å²) in [4.78, 5) is 21.3. The van der Waals surface area contributed by atoms with Crippen LogP contribution in [0, 0.1) is 6.92 Å². The standard InChI is InChI=1S/C24H22N4OS/c1-17-6-5-9-19(12-17)13-23(29)28-24-27-21(16-30-24)20-10-11-25-22(14-20)26-15-18-7-3-2-4-8-18/h2-12,14,16H,13,15H2,1H3,(H,25,26)(H,27,28,29). The number of amides is 1. The molecular formula is C24H22N4OS. The van der Waals surface area contributed by atoms with Crippen molar-refractivity contribution in [2.75, 3.05) is 10.6 Å². The average Bonchev–Trinajstić information content (AvgIpc) is 3.21. The van der Waals surface area contributed by atoms with Crippen molar-refractivity contribution < 1.29 is 4.79 Å². The normalized spacial score (nSPS) is 10.6. The maximum atomic E-state index is 12.3. The third kappa shape index (κ3) is 5.30. The van der Waals surface area contributed by atoms with Crippen molar-refractivity contribution in [3.63, 3.8) is 0 Å². The summed E-state index contributed by atoms with van der Waals surface area (Å²) in [6, 6.07) is 22.0. The molecule has 0 aliphatic rings. The van der Waals surface area contributed by atoms with E-state index in [1.54, 1.807) is 6.20 Å². The van der Waals surface area contributed by atoms with E-state index < -0.39 is 0 Å². The van der Waals surface area contributed by atoms with Crippen molar-refractivity contribution in [2.45, 2.75) is 19.9 Å². The zero-order valence-electron chi connectivity index (χ0n) is 16.6. The van der Waals surface area contributed by atoms with Crippen LogP contribution in [0.2, 0.25) is 0 Å². The summed E-state index contributed by atoms with van der Waals surface area (Å²) < 4.78 is 0. The van der Waals surface area contributed by atoms with E-state index in [4.69, 9.17) is 0 Å². The molecule has 2 aromatic carbocycles. The van der Waals surface area contributed by atoms with Gasteiger partial charge in [0.15, 0.2) is 5.13 Å². The van der Waals surface area contributed by atoms with Gasteiger partial charge >= 0.3 is 0 Å². The number of aromatic nitrogens is 2. The highest BCUT2D eigenvalue weighted by Gasteiger charge is 2.10. The minimum absolute atomic E-state index is 0.0681. The summed E-state index contributed by atoms with van der Waals surface area (Å²) in [5, 5.41) is 8.77. The molecule has 0 saturated heterocycles. The number of thiazole rings is 1.